The first-order valence-electron chi connectivity index (χ1n) is 10.2. The summed E-state index contributed by atoms with van der Waals surface area (Å²) in [5.74, 6) is -0.973. The number of carbonyl (C=O) groups is 2. The van der Waals surface area contributed by atoms with Gasteiger partial charge in [0, 0.05) is 12.1 Å². The van der Waals surface area contributed by atoms with Crippen LogP contribution < -0.4 is 4.74 Å². The number of phenolic OH excluding ortho intramolecular Hbond substituents is 1. The molecular formula is C24H26ClNO5. The Morgan fingerprint density at radius 1 is 1.19 bits per heavy atom. The van der Waals surface area contributed by atoms with Crippen molar-refractivity contribution >= 4 is 29.1 Å². The van der Waals surface area contributed by atoms with Crippen molar-refractivity contribution in [3.05, 3.63) is 63.7 Å². The number of amides is 1. The number of halogens is 1. The van der Waals surface area contributed by atoms with Crippen molar-refractivity contribution in [2.45, 2.75) is 39.2 Å². The van der Waals surface area contributed by atoms with Crippen molar-refractivity contribution in [3.63, 3.8) is 0 Å². The van der Waals surface area contributed by atoms with Crippen molar-refractivity contribution in [3.8, 4) is 11.5 Å². The van der Waals surface area contributed by atoms with Crippen LogP contribution in [0.4, 0.5) is 0 Å². The Kier molecular flexibility index (Phi) is 6.60. The van der Waals surface area contributed by atoms with Gasteiger partial charge in [-0.05, 0) is 53.8 Å². The maximum Gasteiger partial charge on any atom is 0.295 e. The molecule has 0 radical (unpaired) electrons. The van der Waals surface area contributed by atoms with Gasteiger partial charge >= 0.3 is 0 Å². The summed E-state index contributed by atoms with van der Waals surface area (Å²) in [5.41, 5.74) is 1.84. The number of methoxy groups -OCH3 is 1. The number of hydrogen-bond donors (Lipinski definition) is 2. The zero-order chi connectivity index (χ0) is 22.9. The molecule has 0 aromatic heterocycles. The molecule has 1 atom stereocenters. The predicted molar refractivity (Wildman–Crippen MR) is 120 cm³/mol. The lowest BCUT2D eigenvalue weighted by Crippen LogP contribution is -2.30. The molecule has 0 bridgehead atoms. The number of benzene rings is 2. The molecule has 1 heterocycles. The van der Waals surface area contributed by atoms with Gasteiger partial charge < -0.3 is 19.8 Å². The normalized spacial score (nSPS) is 18.1. The highest BCUT2D eigenvalue weighted by Crippen LogP contribution is 2.42. The van der Waals surface area contributed by atoms with Gasteiger partial charge in [0.05, 0.1) is 23.7 Å². The number of rotatable bonds is 6. The maximum atomic E-state index is 13.0. The van der Waals surface area contributed by atoms with Gasteiger partial charge in [-0.1, -0.05) is 38.4 Å². The van der Waals surface area contributed by atoms with Gasteiger partial charge in [0.1, 0.15) is 17.3 Å². The largest absolute Gasteiger partial charge is 0.507 e. The fourth-order valence-corrected chi connectivity index (χ4v) is 4.07. The van der Waals surface area contributed by atoms with Crippen LogP contribution in [0.5, 0.6) is 11.5 Å². The molecule has 1 unspecified atom stereocenters. The summed E-state index contributed by atoms with van der Waals surface area (Å²) in [6.45, 7) is 6.24. The highest BCUT2D eigenvalue weighted by molar-refractivity contribution is 6.46. The number of aliphatic hydroxyl groups excluding tert-OH is 1. The molecule has 1 amide bonds. The minimum atomic E-state index is -0.803. The van der Waals surface area contributed by atoms with E-state index < -0.39 is 17.7 Å². The molecule has 3 rings (SSSR count). The zero-order valence-electron chi connectivity index (χ0n) is 18.0. The van der Waals surface area contributed by atoms with Crippen LogP contribution in [-0.4, -0.2) is 40.5 Å². The van der Waals surface area contributed by atoms with E-state index in [1.54, 1.807) is 31.4 Å². The summed E-state index contributed by atoms with van der Waals surface area (Å²) in [7, 11) is 1.57. The number of ether oxygens (including phenoxy) is 1. The highest BCUT2D eigenvalue weighted by atomic mass is 35.5. The molecule has 31 heavy (non-hydrogen) atoms. The smallest absolute Gasteiger partial charge is 0.295 e. The van der Waals surface area contributed by atoms with Crippen molar-refractivity contribution in [1.82, 2.24) is 4.90 Å². The van der Waals surface area contributed by atoms with Crippen LogP contribution in [-0.2, 0) is 9.59 Å². The first-order chi connectivity index (χ1) is 14.7. The second-order valence-electron chi connectivity index (χ2n) is 7.81. The van der Waals surface area contributed by atoms with Crippen molar-refractivity contribution in [1.29, 1.82) is 0 Å². The standard InChI is InChI=1S/C24H26ClNO5/c1-5-10-26-21(14-6-8-18(27)17(25)12-14)20(23(29)24(26)30)22(28)15-7-9-19(31-4)16(11-15)13(2)3/h6-9,11-13,21,27-28H,5,10H2,1-4H3/b22-20-. The summed E-state index contributed by atoms with van der Waals surface area (Å²) in [4.78, 5) is 27.2. The Morgan fingerprint density at radius 3 is 2.48 bits per heavy atom. The van der Waals surface area contributed by atoms with E-state index in [0.717, 1.165) is 5.56 Å². The summed E-state index contributed by atoms with van der Waals surface area (Å²) < 4.78 is 5.40. The molecule has 1 saturated heterocycles. The number of ketones is 1. The van der Waals surface area contributed by atoms with Gasteiger partial charge in [-0.2, -0.15) is 0 Å². The Labute approximate surface area is 186 Å². The van der Waals surface area contributed by atoms with E-state index in [1.165, 1.54) is 17.0 Å². The molecule has 7 heteroatoms. The Bertz CT molecular complexity index is 1060. The lowest BCUT2D eigenvalue weighted by atomic mass is 9.93. The zero-order valence-corrected chi connectivity index (χ0v) is 18.7. The fourth-order valence-electron chi connectivity index (χ4n) is 3.88. The topological polar surface area (TPSA) is 87.1 Å². The number of phenols is 1. The van der Waals surface area contributed by atoms with E-state index >= 15 is 0 Å². The van der Waals surface area contributed by atoms with E-state index in [4.69, 9.17) is 16.3 Å². The Balaban J connectivity index is 2.22. The lowest BCUT2D eigenvalue weighted by Gasteiger charge is -2.25. The third kappa shape index (κ3) is 4.12. The van der Waals surface area contributed by atoms with Crippen molar-refractivity contribution in [2.75, 3.05) is 13.7 Å². The molecule has 0 aliphatic carbocycles. The number of likely N-dealkylation sites (tertiary alicyclic amines) is 1. The van der Waals surface area contributed by atoms with Crippen LogP contribution in [0.1, 0.15) is 55.8 Å². The molecule has 1 aliphatic rings. The highest BCUT2D eigenvalue weighted by Gasteiger charge is 2.45. The average molecular weight is 444 g/mol. The molecule has 0 spiro atoms. The van der Waals surface area contributed by atoms with Crippen molar-refractivity contribution < 1.29 is 24.5 Å². The second-order valence-corrected chi connectivity index (χ2v) is 8.22. The minimum absolute atomic E-state index is 0.0000735. The van der Waals surface area contributed by atoms with E-state index in [9.17, 15) is 19.8 Å². The number of hydrogen-bond acceptors (Lipinski definition) is 5. The first kappa shape index (κ1) is 22.7. The molecule has 2 N–H and O–H groups in total. The van der Waals surface area contributed by atoms with Crippen molar-refractivity contribution in [2.24, 2.45) is 0 Å². The van der Waals surface area contributed by atoms with Crippen LogP contribution in [0.25, 0.3) is 5.76 Å². The summed E-state index contributed by atoms with van der Waals surface area (Å²) in [6, 6.07) is 8.88. The fraction of sp³-hybridized carbons (Fsp3) is 0.333. The minimum Gasteiger partial charge on any atom is -0.507 e. The van der Waals surface area contributed by atoms with E-state index in [-0.39, 0.29) is 28.0 Å². The molecule has 6 nitrogen and oxygen atoms in total. The molecule has 164 valence electrons. The van der Waals surface area contributed by atoms with Crippen LogP contribution in [0.15, 0.2) is 42.0 Å². The molecule has 0 saturated carbocycles. The van der Waals surface area contributed by atoms with E-state index in [2.05, 4.69) is 0 Å². The first-order valence-corrected chi connectivity index (χ1v) is 10.5. The van der Waals surface area contributed by atoms with Gasteiger partial charge in [-0.3, -0.25) is 9.59 Å². The predicted octanol–water partition coefficient (Wildman–Crippen LogP) is 5.01. The third-order valence-electron chi connectivity index (χ3n) is 5.42. The van der Waals surface area contributed by atoms with Crippen LogP contribution >= 0.6 is 11.6 Å². The van der Waals surface area contributed by atoms with Gasteiger partial charge in [0.15, 0.2) is 0 Å². The van der Waals surface area contributed by atoms with Gasteiger partial charge in [0.2, 0.25) is 0 Å². The van der Waals surface area contributed by atoms with Crippen LogP contribution in [0.3, 0.4) is 0 Å². The second kappa shape index (κ2) is 9.02. The molecule has 2 aromatic rings. The Hall–Kier alpha value is -2.99. The molecule has 2 aromatic carbocycles. The average Bonchev–Trinajstić information content (AvgIpc) is 3.00. The van der Waals surface area contributed by atoms with E-state index in [1.807, 2.05) is 20.8 Å². The summed E-state index contributed by atoms with van der Waals surface area (Å²) >= 11 is 6.09. The van der Waals surface area contributed by atoms with Crippen LogP contribution in [0.2, 0.25) is 5.02 Å². The SMILES string of the molecule is CCCN1C(=O)C(=O)/C(=C(\O)c2ccc(OC)c(C(C)C)c2)C1c1ccc(O)c(Cl)c1. The monoisotopic (exact) mass is 443 g/mol. The molecular weight excluding hydrogens is 418 g/mol. The molecule has 1 fully saturated rings. The number of Topliss-reactive ketones (excluding diaryl/α,β-unsaturated/α-hetero) is 1. The molecule has 1 aliphatic heterocycles. The number of nitrogens with zero attached hydrogens (tertiary/aromatic N) is 1. The maximum absolute atomic E-state index is 13.0. The summed E-state index contributed by atoms with van der Waals surface area (Å²) in [6.07, 6.45) is 0.634. The lowest BCUT2D eigenvalue weighted by molar-refractivity contribution is -0.139. The van der Waals surface area contributed by atoms with Gasteiger partial charge in [-0.15, -0.1) is 0 Å². The van der Waals surface area contributed by atoms with Gasteiger partial charge in [-0.25, -0.2) is 0 Å². The van der Waals surface area contributed by atoms with Crippen LogP contribution in [0, 0.1) is 0 Å². The summed E-state index contributed by atoms with van der Waals surface area (Å²) in [5, 5.41) is 21.1. The number of carbonyl (C=O) groups excluding carboxylic acids is 2. The Morgan fingerprint density at radius 2 is 1.90 bits per heavy atom. The number of aromatic hydroxyl groups is 1. The third-order valence-corrected chi connectivity index (χ3v) is 5.72. The van der Waals surface area contributed by atoms with E-state index in [0.29, 0.717) is 29.8 Å². The van der Waals surface area contributed by atoms with Gasteiger partial charge in [0.25, 0.3) is 11.7 Å². The number of aliphatic hydroxyl groups is 1. The quantitative estimate of drug-likeness (QED) is 0.372.